The summed E-state index contributed by atoms with van der Waals surface area (Å²) in [6.07, 6.45) is 0.731. The molecule has 0 amide bonds. The van der Waals surface area contributed by atoms with E-state index in [1.165, 1.54) is 0 Å². The molecule has 0 saturated carbocycles. The molecular formula is C16H27NO3. The van der Waals surface area contributed by atoms with Crippen molar-refractivity contribution in [1.82, 2.24) is 5.32 Å². The second-order valence-corrected chi connectivity index (χ2v) is 4.46. The number of likely N-dealkylation sites (N-methyl/N-ethyl adjacent to an activating group) is 1. The van der Waals surface area contributed by atoms with Crippen LogP contribution in [0.25, 0.3) is 0 Å². The Morgan fingerprint density at radius 1 is 1.00 bits per heavy atom. The van der Waals surface area contributed by atoms with E-state index in [0.717, 1.165) is 24.3 Å². The van der Waals surface area contributed by atoms with Crippen LogP contribution < -0.4 is 10.1 Å². The molecule has 0 aromatic heterocycles. The van der Waals surface area contributed by atoms with Crippen molar-refractivity contribution in [2.75, 3.05) is 26.9 Å². The lowest BCUT2D eigenvalue weighted by molar-refractivity contribution is -0.154. The van der Waals surface area contributed by atoms with E-state index in [1.807, 2.05) is 33.0 Å². The van der Waals surface area contributed by atoms with E-state index < -0.39 is 0 Å². The van der Waals surface area contributed by atoms with Gasteiger partial charge in [0, 0.05) is 13.2 Å². The fourth-order valence-electron chi connectivity index (χ4n) is 2.02. The Bertz CT molecular complexity index is 347. The highest BCUT2D eigenvalue weighted by Crippen LogP contribution is 2.23. The first-order valence-corrected chi connectivity index (χ1v) is 7.39. The molecule has 0 radical (unpaired) electrons. The molecule has 0 aliphatic heterocycles. The maximum absolute atomic E-state index is 5.67. The van der Waals surface area contributed by atoms with Crippen molar-refractivity contribution in [3.8, 4) is 5.75 Å². The molecule has 0 fully saturated rings. The summed E-state index contributed by atoms with van der Waals surface area (Å²) in [5.74, 6) is 0.898. The zero-order valence-electron chi connectivity index (χ0n) is 13.0. The van der Waals surface area contributed by atoms with Gasteiger partial charge in [0.25, 0.3) is 0 Å². The van der Waals surface area contributed by atoms with Crippen LogP contribution in [-0.2, 0) is 9.47 Å². The minimum Gasteiger partial charge on any atom is -0.494 e. The highest BCUT2D eigenvalue weighted by atomic mass is 16.7. The smallest absolute Gasteiger partial charge is 0.176 e. The summed E-state index contributed by atoms with van der Waals surface area (Å²) in [5, 5.41) is 3.26. The van der Waals surface area contributed by atoms with Crippen molar-refractivity contribution >= 4 is 0 Å². The van der Waals surface area contributed by atoms with Gasteiger partial charge in [0.2, 0.25) is 0 Å². The quantitative estimate of drug-likeness (QED) is 0.669. The number of hydrogen-bond acceptors (Lipinski definition) is 4. The predicted octanol–water partition coefficient (Wildman–Crippen LogP) is 3.14. The highest BCUT2D eigenvalue weighted by molar-refractivity contribution is 5.29. The molecular weight excluding hydrogens is 254 g/mol. The lowest BCUT2D eigenvalue weighted by Gasteiger charge is -2.26. The van der Waals surface area contributed by atoms with E-state index in [9.17, 15) is 0 Å². The van der Waals surface area contributed by atoms with Gasteiger partial charge in [-0.1, -0.05) is 19.1 Å². The average Bonchev–Trinajstić information content (AvgIpc) is 2.47. The molecule has 4 nitrogen and oxygen atoms in total. The number of nitrogens with one attached hydrogen (secondary N) is 1. The first-order valence-electron chi connectivity index (χ1n) is 7.39. The molecule has 0 heterocycles. The van der Waals surface area contributed by atoms with Gasteiger partial charge in [-0.3, -0.25) is 0 Å². The van der Waals surface area contributed by atoms with Crippen LogP contribution in [0.4, 0.5) is 0 Å². The third kappa shape index (κ3) is 5.12. The third-order valence-electron chi connectivity index (χ3n) is 2.96. The number of benzene rings is 1. The van der Waals surface area contributed by atoms with E-state index in [4.69, 9.17) is 14.2 Å². The number of hydrogen-bond donors (Lipinski definition) is 1. The van der Waals surface area contributed by atoms with Crippen molar-refractivity contribution in [3.05, 3.63) is 29.8 Å². The predicted molar refractivity (Wildman–Crippen MR) is 81.1 cm³/mol. The monoisotopic (exact) mass is 281 g/mol. The SMILES string of the molecule is CCCOc1ccc(C(NC)C(OCC)OCC)cc1. The lowest BCUT2D eigenvalue weighted by Crippen LogP contribution is -2.34. The average molecular weight is 281 g/mol. The zero-order valence-corrected chi connectivity index (χ0v) is 13.0. The van der Waals surface area contributed by atoms with Crippen LogP contribution in [0, 0.1) is 0 Å². The van der Waals surface area contributed by atoms with Gasteiger partial charge in [0.1, 0.15) is 5.75 Å². The van der Waals surface area contributed by atoms with Crippen LogP contribution in [0.3, 0.4) is 0 Å². The van der Waals surface area contributed by atoms with E-state index in [0.29, 0.717) is 13.2 Å². The van der Waals surface area contributed by atoms with Crippen molar-refractivity contribution in [2.24, 2.45) is 0 Å². The topological polar surface area (TPSA) is 39.7 Å². The largest absolute Gasteiger partial charge is 0.494 e. The molecule has 20 heavy (non-hydrogen) atoms. The van der Waals surface area contributed by atoms with Gasteiger partial charge < -0.3 is 19.5 Å². The normalized spacial score (nSPS) is 12.7. The second-order valence-electron chi connectivity index (χ2n) is 4.46. The van der Waals surface area contributed by atoms with Crippen molar-refractivity contribution in [2.45, 2.75) is 39.5 Å². The van der Waals surface area contributed by atoms with Crippen LogP contribution >= 0.6 is 0 Å². The van der Waals surface area contributed by atoms with Crippen LogP contribution in [-0.4, -0.2) is 33.2 Å². The molecule has 1 N–H and O–H groups in total. The minimum atomic E-state index is -0.280. The molecule has 0 bridgehead atoms. The summed E-state index contributed by atoms with van der Waals surface area (Å²) in [5.41, 5.74) is 1.13. The molecule has 0 spiro atoms. The van der Waals surface area contributed by atoms with Gasteiger partial charge in [-0.05, 0) is 45.0 Å². The van der Waals surface area contributed by atoms with Crippen LogP contribution in [0.15, 0.2) is 24.3 Å². The van der Waals surface area contributed by atoms with E-state index in [1.54, 1.807) is 0 Å². The fourth-order valence-corrected chi connectivity index (χ4v) is 2.02. The minimum absolute atomic E-state index is 0.00938. The summed E-state index contributed by atoms with van der Waals surface area (Å²) < 4.78 is 16.9. The molecule has 1 rings (SSSR count). The molecule has 4 heteroatoms. The third-order valence-corrected chi connectivity index (χ3v) is 2.96. The lowest BCUT2D eigenvalue weighted by atomic mass is 10.1. The Hall–Kier alpha value is -1.10. The van der Waals surface area contributed by atoms with Gasteiger partial charge in [-0.2, -0.15) is 0 Å². The van der Waals surface area contributed by atoms with Gasteiger partial charge in [-0.15, -0.1) is 0 Å². The fraction of sp³-hybridized carbons (Fsp3) is 0.625. The summed E-state index contributed by atoms with van der Waals surface area (Å²) >= 11 is 0. The summed E-state index contributed by atoms with van der Waals surface area (Å²) in [6.45, 7) is 8.04. The molecule has 1 unspecified atom stereocenters. The Balaban J connectivity index is 2.76. The summed E-state index contributed by atoms with van der Waals surface area (Å²) in [4.78, 5) is 0. The molecule has 0 aliphatic carbocycles. The first-order chi connectivity index (χ1) is 9.76. The van der Waals surface area contributed by atoms with Crippen molar-refractivity contribution < 1.29 is 14.2 Å². The zero-order chi connectivity index (χ0) is 14.8. The first kappa shape index (κ1) is 17.0. The highest BCUT2D eigenvalue weighted by Gasteiger charge is 2.22. The molecule has 114 valence electrons. The van der Waals surface area contributed by atoms with E-state index >= 15 is 0 Å². The Kier molecular flexibility index (Phi) is 8.26. The Labute approximate surface area is 122 Å². The maximum Gasteiger partial charge on any atom is 0.176 e. The van der Waals surface area contributed by atoms with Crippen LogP contribution in [0.2, 0.25) is 0 Å². The summed E-state index contributed by atoms with van der Waals surface area (Å²) in [6, 6.07) is 8.10. The van der Waals surface area contributed by atoms with Crippen molar-refractivity contribution in [1.29, 1.82) is 0 Å². The van der Waals surface area contributed by atoms with Gasteiger partial charge in [0.15, 0.2) is 6.29 Å². The maximum atomic E-state index is 5.67. The van der Waals surface area contributed by atoms with Crippen LogP contribution in [0.1, 0.15) is 38.8 Å². The summed E-state index contributed by atoms with van der Waals surface area (Å²) in [7, 11) is 1.91. The van der Waals surface area contributed by atoms with Gasteiger partial charge in [-0.25, -0.2) is 0 Å². The molecule has 1 aromatic carbocycles. The van der Waals surface area contributed by atoms with Crippen LogP contribution in [0.5, 0.6) is 5.75 Å². The number of ether oxygens (including phenoxy) is 3. The Morgan fingerprint density at radius 2 is 1.60 bits per heavy atom. The van der Waals surface area contributed by atoms with E-state index in [2.05, 4.69) is 24.4 Å². The molecule has 0 aliphatic rings. The number of rotatable bonds is 10. The van der Waals surface area contributed by atoms with Gasteiger partial charge in [0.05, 0.1) is 12.6 Å². The molecule has 1 atom stereocenters. The molecule has 1 aromatic rings. The van der Waals surface area contributed by atoms with Crippen molar-refractivity contribution in [3.63, 3.8) is 0 Å². The standard InChI is InChI=1S/C16H27NO3/c1-5-12-20-14-10-8-13(9-11-14)15(17-4)16(18-6-2)19-7-3/h8-11,15-17H,5-7,12H2,1-4H3. The molecule has 0 saturated heterocycles. The van der Waals surface area contributed by atoms with E-state index in [-0.39, 0.29) is 12.3 Å². The van der Waals surface area contributed by atoms with Gasteiger partial charge >= 0.3 is 0 Å². The Morgan fingerprint density at radius 3 is 2.05 bits per heavy atom. The second kappa shape index (κ2) is 9.75.